The highest BCUT2D eigenvalue weighted by molar-refractivity contribution is 6.30. The average Bonchev–Trinajstić information content (AvgIpc) is 2.36. The molecule has 1 aromatic carbocycles. The molecule has 2 nitrogen and oxygen atoms in total. The van der Waals surface area contributed by atoms with Crippen LogP contribution in [0.15, 0.2) is 24.3 Å². The fraction of sp³-hybridized carbons (Fsp3) is 0.333. The smallest absolute Gasteiger partial charge is 0.233 e. The van der Waals surface area contributed by atoms with E-state index in [1.165, 1.54) is 12.1 Å². The number of halogens is 4. The normalized spacial score (nSPS) is 12.0. The van der Waals surface area contributed by atoms with E-state index in [-0.39, 0.29) is 5.92 Å². The van der Waals surface area contributed by atoms with Crippen LogP contribution in [0.2, 0.25) is 5.15 Å². The fourth-order valence-corrected chi connectivity index (χ4v) is 2.57. The molecule has 0 saturated carbocycles. The molecule has 0 saturated heterocycles. The van der Waals surface area contributed by atoms with Crippen LogP contribution in [0.5, 0.6) is 0 Å². The Kier molecular flexibility index (Phi) is 4.23. The number of hydrogen-bond acceptors (Lipinski definition) is 2. The van der Waals surface area contributed by atoms with Crippen molar-refractivity contribution >= 4 is 11.6 Å². The van der Waals surface area contributed by atoms with E-state index in [9.17, 15) is 13.2 Å². The molecular formula is C15H14ClF3N2. The first kappa shape index (κ1) is 15.8. The van der Waals surface area contributed by atoms with Gasteiger partial charge in [0.2, 0.25) is 0 Å². The van der Waals surface area contributed by atoms with Crippen LogP contribution in [0, 0.1) is 6.92 Å². The van der Waals surface area contributed by atoms with Crippen LogP contribution in [0.1, 0.15) is 36.6 Å². The number of nitrogens with zero attached hydrogens (tertiary/aromatic N) is 2. The van der Waals surface area contributed by atoms with Gasteiger partial charge in [-0.25, -0.2) is 9.97 Å². The van der Waals surface area contributed by atoms with Crippen LogP contribution < -0.4 is 0 Å². The summed E-state index contributed by atoms with van der Waals surface area (Å²) in [7, 11) is 0. The highest BCUT2D eigenvalue weighted by atomic mass is 35.5. The number of aryl methyl sites for hydroxylation is 1. The number of hydrogen-bond donors (Lipinski definition) is 0. The lowest BCUT2D eigenvalue weighted by Gasteiger charge is -2.13. The third kappa shape index (κ3) is 3.35. The maximum Gasteiger partial charge on any atom is 0.416 e. The third-order valence-corrected chi connectivity index (χ3v) is 3.43. The standard InChI is InChI=1S/C15H14ClF3N2/c1-8(2)12-9(3)20-14(21-13(12)16)10-4-6-11(7-5-10)15(17,18)19/h4-8H,1-3H3. The zero-order valence-electron chi connectivity index (χ0n) is 11.8. The van der Waals surface area contributed by atoms with Crippen molar-refractivity contribution in [2.45, 2.75) is 32.9 Å². The minimum atomic E-state index is -4.35. The van der Waals surface area contributed by atoms with E-state index in [1.54, 1.807) is 0 Å². The third-order valence-electron chi connectivity index (χ3n) is 3.14. The molecule has 0 bridgehead atoms. The Morgan fingerprint density at radius 3 is 2.05 bits per heavy atom. The van der Waals surface area contributed by atoms with Crippen LogP contribution in [-0.4, -0.2) is 9.97 Å². The number of aromatic nitrogens is 2. The highest BCUT2D eigenvalue weighted by Gasteiger charge is 2.30. The zero-order valence-corrected chi connectivity index (χ0v) is 12.5. The Bertz CT molecular complexity index is 626. The summed E-state index contributed by atoms with van der Waals surface area (Å²) < 4.78 is 37.6. The van der Waals surface area contributed by atoms with Crippen molar-refractivity contribution in [2.75, 3.05) is 0 Å². The molecule has 0 aliphatic heterocycles. The molecule has 112 valence electrons. The maximum atomic E-state index is 12.5. The van der Waals surface area contributed by atoms with E-state index in [1.807, 2.05) is 20.8 Å². The van der Waals surface area contributed by atoms with Crippen molar-refractivity contribution in [1.82, 2.24) is 9.97 Å². The van der Waals surface area contributed by atoms with Crippen LogP contribution in [-0.2, 0) is 6.18 Å². The number of rotatable bonds is 2. The molecule has 0 spiro atoms. The Balaban J connectivity index is 2.44. The quantitative estimate of drug-likeness (QED) is 0.708. The molecule has 0 radical (unpaired) electrons. The summed E-state index contributed by atoms with van der Waals surface area (Å²) in [4.78, 5) is 8.53. The van der Waals surface area contributed by atoms with Crippen LogP contribution in [0.4, 0.5) is 13.2 Å². The van der Waals surface area contributed by atoms with Gasteiger partial charge >= 0.3 is 6.18 Å². The second-order valence-corrected chi connectivity index (χ2v) is 5.42. The number of alkyl halides is 3. The molecular weight excluding hydrogens is 301 g/mol. The van der Waals surface area contributed by atoms with Crippen molar-refractivity contribution in [3.05, 3.63) is 46.2 Å². The monoisotopic (exact) mass is 314 g/mol. The first-order valence-corrected chi connectivity index (χ1v) is 6.79. The van der Waals surface area contributed by atoms with E-state index < -0.39 is 11.7 Å². The van der Waals surface area contributed by atoms with Crippen LogP contribution in [0.25, 0.3) is 11.4 Å². The van der Waals surface area contributed by atoms with Crippen molar-refractivity contribution in [2.24, 2.45) is 0 Å². The highest BCUT2D eigenvalue weighted by Crippen LogP contribution is 2.31. The van der Waals surface area contributed by atoms with E-state index in [0.717, 1.165) is 23.4 Å². The summed E-state index contributed by atoms with van der Waals surface area (Å²) in [5, 5.41) is 0.340. The van der Waals surface area contributed by atoms with E-state index in [0.29, 0.717) is 16.5 Å². The molecule has 0 aliphatic rings. The van der Waals surface area contributed by atoms with Gasteiger partial charge in [0, 0.05) is 16.8 Å². The molecule has 0 unspecified atom stereocenters. The largest absolute Gasteiger partial charge is 0.416 e. The number of benzene rings is 1. The van der Waals surface area contributed by atoms with Gasteiger partial charge in [0.1, 0.15) is 5.15 Å². The van der Waals surface area contributed by atoms with Gasteiger partial charge in [-0.05, 0) is 25.0 Å². The van der Waals surface area contributed by atoms with Crippen molar-refractivity contribution in [1.29, 1.82) is 0 Å². The minimum absolute atomic E-state index is 0.180. The first-order chi connectivity index (χ1) is 9.70. The van der Waals surface area contributed by atoms with Gasteiger partial charge in [-0.3, -0.25) is 0 Å². The maximum absolute atomic E-state index is 12.5. The molecule has 0 aliphatic carbocycles. The minimum Gasteiger partial charge on any atom is -0.233 e. The zero-order chi connectivity index (χ0) is 15.8. The topological polar surface area (TPSA) is 25.8 Å². The predicted molar refractivity (Wildman–Crippen MR) is 76.3 cm³/mol. The lowest BCUT2D eigenvalue weighted by atomic mass is 10.0. The summed E-state index contributed by atoms with van der Waals surface area (Å²) in [5.41, 5.74) is 1.39. The molecule has 1 aromatic heterocycles. The van der Waals surface area contributed by atoms with E-state index in [4.69, 9.17) is 11.6 Å². The van der Waals surface area contributed by atoms with Gasteiger partial charge < -0.3 is 0 Å². The molecule has 6 heteroatoms. The average molecular weight is 315 g/mol. The van der Waals surface area contributed by atoms with Gasteiger partial charge in [-0.15, -0.1) is 0 Å². The van der Waals surface area contributed by atoms with Crippen molar-refractivity contribution < 1.29 is 13.2 Å². The first-order valence-electron chi connectivity index (χ1n) is 6.42. The Morgan fingerprint density at radius 2 is 1.62 bits per heavy atom. The summed E-state index contributed by atoms with van der Waals surface area (Å²) >= 11 is 6.15. The molecule has 0 N–H and O–H groups in total. The Morgan fingerprint density at radius 1 is 1.05 bits per heavy atom. The summed E-state index contributed by atoms with van der Waals surface area (Å²) in [6.07, 6.45) is -4.35. The molecule has 21 heavy (non-hydrogen) atoms. The fourth-order valence-electron chi connectivity index (χ4n) is 2.14. The summed E-state index contributed by atoms with van der Waals surface area (Å²) in [6, 6.07) is 4.72. The van der Waals surface area contributed by atoms with Gasteiger partial charge in [0.25, 0.3) is 0 Å². The van der Waals surface area contributed by atoms with Crippen molar-refractivity contribution in [3.63, 3.8) is 0 Å². The van der Waals surface area contributed by atoms with Gasteiger partial charge in [-0.2, -0.15) is 13.2 Å². The van der Waals surface area contributed by atoms with E-state index in [2.05, 4.69) is 9.97 Å². The second-order valence-electron chi connectivity index (χ2n) is 5.07. The molecule has 2 aromatic rings. The lowest BCUT2D eigenvalue weighted by Crippen LogP contribution is -2.05. The molecule has 2 rings (SSSR count). The van der Waals surface area contributed by atoms with Gasteiger partial charge in [0.15, 0.2) is 5.82 Å². The van der Waals surface area contributed by atoms with Gasteiger partial charge in [0.05, 0.1) is 5.56 Å². The van der Waals surface area contributed by atoms with Crippen LogP contribution in [0.3, 0.4) is 0 Å². The molecule has 0 atom stereocenters. The van der Waals surface area contributed by atoms with E-state index >= 15 is 0 Å². The molecule has 1 heterocycles. The Labute approximate surface area is 126 Å². The second kappa shape index (κ2) is 5.64. The SMILES string of the molecule is Cc1nc(-c2ccc(C(F)(F)F)cc2)nc(Cl)c1C(C)C. The summed E-state index contributed by atoms with van der Waals surface area (Å²) in [5.74, 6) is 0.509. The Hall–Kier alpha value is -1.62. The summed E-state index contributed by atoms with van der Waals surface area (Å²) in [6.45, 7) is 5.78. The van der Waals surface area contributed by atoms with Gasteiger partial charge in [-0.1, -0.05) is 37.6 Å². The molecule has 0 amide bonds. The lowest BCUT2D eigenvalue weighted by molar-refractivity contribution is -0.137. The molecule has 0 fully saturated rings. The van der Waals surface area contributed by atoms with Crippen molar-refractivity contribution in [3.8, 4) is 11.4 Å². The van der Waals surface area contributed by atoms with Crippen LogP contribution >= 0.6 is 11.6 Å². The predicted octanol–water partition coefficient (Wildman–Crippen LogP) is 5.25.